The van der Waals surface area contributed by atoms with Gasteiger partial charge in [-0.15, -0.1) is 0 Å². The van der Waals surface area contributed by atoms with Gasteiger partial charge in [-0.25, -0.2) is 0 Å². The van der Waals surface area contributed by atoms with Crippen molar-refractivity contribution in [3.8, 4) is 0 Å². The summed E-state index contributed by atoms with van der Waals surface area (Å²) in [5.74, 6) is 1.85. The van der Waals surface area contributed by atoms with Gasteiger partial charge in [-0.1, -0.05) is 101 Å². The predicted octanol–water partition coefficient (Wildman–Crippen LogP) is 8.13. The Labute approximate surface area is 149 Å². The molecule has 0 bridgehead atoms. The quantitative estimate of drug-likeness (QED) is 0.303. The van der Waals surface area contributed by atoms with Crippen LogP contribution < -0.4 is 0 Å². The molecule has 0 amide bonds. The largest absolute Gasteiger partial charge is 0.0882 e. The maximum absolute atomic E-state index is 4.24. The van der Waals surface area contributed by atoms with Gasteiger partial charge in [-0.05, 0) is 42.9 Å². The molecule has 1 aliphatic carbocycles. The van der Waals surface area contributed by atoms with E-state index >= 15 is 0 Å². The van der Waals surface area contributed by atoms with E-state index in [1.807, 2.05) is 0 Å². The average Bonchev–Trinajstić information content (AvgIpc) is 3.01. The fourth-order valence-corrected chi connectivity index (χ4v) is 6.00. The van der Waals surface area contributed by atoms with E-state index in [9.17, 15) is 0 Å². The zero-order valence-corrected chi connectivity index (χ0v) is 17.4. The lowest BCUT2D eigenvalue weighted by Crippen LogP contribution is -2.36. The highest BCUT2D eigenvalue weighted by Crippen LogP contribution is 2.52. The molecule has 0 aromatic rings. The number of alkyl halides is 1. The minimum Gasteiger partial charge on any atom is -0.0882 e. The van der Waals surface area contributed by atoms with Gasteiger partial charge in [0, 0.05) is 4.83 Å². The molecule has 3 atom stereocenters. The normalized spacial score (nSPS) is 21.7. The van der Waals surface area contributed by atoms with E-state index in [0.29, 0.717) is 5.41 Å². The predicted molar refractivity (Wildman–Crippen MR) is 105 cm³/mol. The van der Waals surface area contributed by atoms with Crippen molar-refractivity contribution in [3.05, 3.63) is 0 Å². The van der Waals surface area contributed by atoms with Gasteiger partial charge >= 0.3 is 0 Å². The van der Waals surface area contributed by atoms with Gasteiger partial charge in [0.05, 0.1) is 0 Å². The van der Waals surface area contributed by atoms with Crippen LogP contribution in [-0.2, 0) is 0 Å². The van der Waals surface area contributed by atoms with Crippen LogP contribution >= 0.6 is 15.9 Å². The monoisotopic (exact) mass is 372 g/mol. The van der Waals surface area contributed by atoms with E-state index in [1.54, 1.807) is 0 Å². The first-order valence-corrected chi connectivity index (χ1v) is 11.2. The van der Waals surface area contributed by atoms with Crippen molar-refractivity contribution in [3.63, 3.8) is 0 Å². The number of halogens is 1. The maximum atomic E-state index is 4.24. The van der Waals surface area contributed by atoms with Crippen LogP contribution in [0.15, 0.2) is 0 Å². The molecule has 22 heavy (non-hydrogen) atoms. The number of hydrogen-bond donors (Lipinski definition) is 0. The summed E-state index contributed by atoms with van der Waals surface area (Å²) >= 11 is 4.24. The second-order valence-corrected chi connectivity index (χ2v) is 8.89. The second kappa shape index (κ2) is 11.1. The Balaban J connectivity index is 2.75. The smallest absolute Gasteiger partial charge is 0.0230 e. The molecule has 1 heteroatoms. The Morgan fingerprint density at radius 2 is 1.45 bits per heavy atom. The second-order valence-electron chi connectivity index (χ2n) is 7.90. The Kier molecular flexibility index (Phi) is 10.4. The first-order chi connectivity index (χ1) is 10.6. The van der Waals surface area contributed by atoms with Crippen LogP contribution in [0.25, 0.3) is 0 Å². The minimum atomic E-state index is 0.614. The van der Waals surface area contributed by atoms with Crippen molar-refractivity contribution in [1.29, 1.82) is 0 Å². The molecule has 3 unspecified atom stereocenters. The van der Waals surface area contributed by atoms with E-state index in [2.05, 4.69) is 43.6 Å². The summed E-state index contributed by atoms with van der Waals surface area (Å²) in [5, 5.41) is 0. The summed E-state index contributed by atoms with van der Waals surface area (Å²) < 4.78 is 0. The third kappa shape index (κ3) is 5.84. The van der Waals surface area contributed by atoms with E-state index < -0.39 is 0 Å². The highest BCUT2D eigenvalue weighted by atomic mass is 79.9. The summed E-state index contributed by atoms with van der Waals surface area (Å²) in [6.45, 7) is 9.49. The zero-order valence-electron chi connectivity index (χ0n) is 15.8. The Bertz CT molecular complexity index is 267. The molecule has 1 fully saturated rings. The lowest BCUT2D eigenvalue weighted by molar-refractivity contribution is 0.165. The summed E-state index contributed by atoms with van der Waals surface area (Å²) in [5.41, 5.74) is 0.614. The number of unbranched alkanes of at least 4 members (excludes halogenated alkanes) is 2. The van der Waals surface area contributed by atoms with E-state index in [1.165, 1.54) is 83.5 Å². The first-order valence-electron chi connectivity index (χ1n) is 10.3. The van der Waals surface area contributed by atoms with E-state index in [4.69, 9.17) is 0 Å². The average molecular weight is 373 g/mol. The van der Waals surface area contributed by atoms with Crippen molar-refractivity contribution in [2.45, 2.75) is 116 Å². The fourth-order valence-electron chi connectivity index (χ4n) is 4.71. The van der Waals surface area contributed by atoms with Crippen LogP contribution in [0.5, 0.6) is 0 Å². The minimum absolute atomic E-state index is 0.614. The van der Waals surface area contributed by atoms with E-state index in [-0.39, 0.29) is 0 Å². The molecule has 1 rings (SSSR count). The molecule has 0 aliphatic heterocycles. The summed E-state index contributed by atoms with van der Waals surface area (Å²) in [4.78, 5) is 0.759. The molecule has 0 radical (unpaired) electrons. The van der Waals surface area contributed by atoms with Crippen molar-refractivity contribution in [2.24, 2.45) is 17.3 Å². The lowest BCUT2D eigenvalue weighted by Gasteiger charge is -2.41. The third-order valence-corrected chi connectivity index (χ3v) is 8.01. The topological polar surface area (TPSA) is 0 Å². The fraction of sp³-hybridized carbons (Fsp3) is 1.00. The molecule has 0 aromatic carbocycles. The van der Waals surface area contributed by atoms with Crippen LogP contribution in [0.1, 0.15) is 111 Å². The van der Waals surface area contributed by atoms with Gasteiger partial charge < -0.3 is 0 Å². The van der Waals surface area contributed by atoms with Crippen molar-refractivity contribution >= 4 is 15.9 Å². The van der Waals surface area contributed by atoms with Gasteiger partial charge in [0.15, 0.2) is 0 Å². The zero-order chi connectivity index (χ0) is 16.4. The molecule has 0 aromatic heterocycles. The molecule has 0 spiro atoms. The SMILES string of the molecule is CCCCC(CC)CC1(C(Br)C(CC)CCCC)CCCC1. The van der Waals surface area contributed by atoms with E-state index in [0.717, 1.165) is 16.7 Å². The van der Waals surface area contributed by atoms with Crippen LogP contribution in [0, 0.1) is 17.3 Å². The summed E-state index contributed by atoms with van der Waals surface area (Å²) in [7, 11) is 0. The third-order valence-electron chi connectivity index (χ3n) is 6.29. The number of rotatable bonds is 12. The standard InChI is InChI=1S/C21H41Br/c1-5-9-13-18(7-3)17-21(15-11-12-16-21)20(22)19(8-4)14-10-6-2/h18-20H,5-17H2,1-4H3. The number of hydrogen-bond acceptors (Lipinski definition) is 0. The lowest BCUT2D eigenvalue weighted by atomic mass is 9.69. The summed E-state index contributed by atoms with van der Waals surface area (Å²) in [6.07, 6.45) is 18.5. The molecule has 132 valence electrons. The Morgan fingerprint density at radius 3 is 1.95 bits per heavy atom. The van der Waals surface area contributed by atoms with Gasteiger partial charge in [0.25, 0.3) is 0 Å². The van der Waals surface area contributed by atoms with Crippen molar-refractivity contribution in [1.82, 2.24) is 0 Å². The molecular formula is C21H41Br. The molecule has 0 N–H and O–H groups in total. The van der Waals surface area contributed by atoms with Gasteiger partial charge in [-0.3, -0.25) is 0 Å². The first kappa shape index (κ1) is 20.5. The molecular weight excluding hydrogens is 332 g/mol. The van der Waals surface area contributed by atoms with Gasteiger partial charge in [0.1, 0.15) is 0 Å². The van der Waals surface area contributed by atoms with Crippen molar-refractivity contribution in [2.75, 3.05) is 0 Å². The van der Waals surface area contributed by atoms with Crippen LogP contribution in [0.2, 0.25) is 0 Å². The maximum Gasteiger partial charge on any atom is 0.0230 e. The summed E-state index contributed by atoms with van der Waals surface area (Å²) in [6, 6.07) is 0. The van der Waals surface area contributed by atoms with Crippen LogP contribution in [-0.4, -0.2) is 4.83 Å². The molecule has 1 aliphatic rings. The van der Waals surface area contributed by atoms with Crippen molar-refractivity contribution < 1.29 is 0 Å². The Morgan fingerprint density at radius 1 is 0.864 bits per heavy atom. The van der Waals surface area contributed by atoms with Gasteiger partial charge in [-0.2, -0.15) is 0 Å². The Hall–Kier alpha value is 0.480. The van der Waals surface area contributed by atoms with Crippen LogP contribution in [0.4, 0.5) is 0 Å². The highest BCUT2D eigenvalue weighted by molar-refractivity contribution is 9.09. The van der Waals surface area contributed by atoms with Crippen LogP contribution in [0.3, 0.4) is 0 Å². The molecule has 1 saturated carbocycles. The highest BCUT2D eigenvalue weighted by Gasteiger charge is 2.43. The van der Waals surface area contributed by atoms with Gasteiger partial charge in [0.2, 0.25) is 0 Å². The molecule has 0 saturated heterocycles. The molecule has 0 nitrogen and oxygen atoms in total. The molecule has 0 heterocycles.